The van der Waals surface area contributed by atoms with Crippen molar-refractivity contribution < 1.29 is 18.7 Å². The quantitative estimate of drug-likeness (QED) is 0.626. The van der Waals surface area contributed by atoms with Crippen LogP contribution in [0.3, 0.4) is 0 Å². The maximum Gasteiger partial charge on any atom is 0.427 e. The minimum Gasteiger partial charge on any atom is -0.487 e. The summed E-state index contributed by atoms with van der Waals surface area (Å²) in [5, 5.41) is 4.30. The Morgan fingerprint density at radius 3 is 2.79 bits per heavy atom. The number of benzene rings is 2. The number of nitrogens with zero attached hydrogens (tertiary/aromatic N) is 1. The molecule has 24 heavy (non-hydrogen) atoms. The molecule has 0 saturated carbocycles. The molecule has 1 N–H and O–H groups in total. The SMILES string of the molecule is COC(=O)NN=Cc1cc(Cl)cc(Cl)c1OCc1ccccc1F. The van der Waals surface area contributed by atoms with Crippen LogP contribution in [0.5, 0.6) is 5.75 Å². The largest absolute Gasteiger partial charge is 0.487 e. The highest BCUT2D eigenvalue weighted by Crippen LogP contribution is 2.32. The first-order valence-corrected chi connectivity index (χ1v) is 7.49. The third-order valence-corrected chi connectivity index (χ3v) is 3.41. The van der Waals surface area contributed by atoms with Gasteiger partial charge in [0.25, 0.3) is 0 Å². The minimum atomic E-state index is -0.729. The molecule has 0 saturated heterocycles. The number of amides is 1. The van der Waals surface area contributed by atoms with Crippen LogP contribution in [0.15, 0.2) is 41.5 Å². The molecule has 0 aliphatic carbocycles. The molecule has 5 nitrogen and oxygen atoms in total. The summed E-state index contributed by atoms with van der Waals surface area (Å²) in [6, 6.07) is 9.27. The van der Waals surface area contributed by atoms with Gasteiger partial charge in [-0.05, 0) is 18.2 Å². The fraction of sp³-hybridized carbons (Fsp3) is 0.125. The highest BCUT2D eigenvalue weighted by molar-refractivity contribution is 6.36. The van der Waals surface area contributed by atoms with Gasteiger partial charge in [0.05, 0.1) is 18.3 Å². The first kappa shape index (κ1) is 18.0. The van der Waals surface area contributed by atoms with Crippen molar-refractivity contribution in [2.24, 2.45) is 5.10 Å². The fourth-order valence-corrected chi connectivity index (χ4v) is 2.36. The van der Waals surface area contributed by atoms with Crippen molar-refractivity contribution in [3.63, 3.8) is 0 Å². The molecule has 0 atom stereocenters. The van der Waals surface area contributed by atoms with Crippen LogP contribution >= 0.6 is 23.2 Å². The molecule has 8 heteroatoms. The first-order chi connectivity index (χ1) is 11.5. The van der Waals surface area contributed by atoms with Crippen LogP contribution in [-0.4, -0.2) is 19.4 Å². The normalized spacial score (nSPS) is 10.7. The van der Waals surface area contributed by atoms with Crippen LogP contribution in [0.1, 0.15) is 11.1 Å². The van der Waals surface area contributed by atoms with Gasteiger partial charge in [0.15, 0.2) is 0 Å². The number of methoxy groups -OCH3 is 1. The highest BCUT2D eigenvalue weighted by atomic mass is 35.5. The van der Waals surface area contributed by atoms with E-state index in [2.05, 4.69) is 15.3 Å². The predicted octanol–water partition coefficient (Wildman–Crippen LogP) is 4.40. The second-order valence-electron chi connectivity index (χ2n) is 4.55. The van der Waals surface area contributed by atoms with Gasteiger partial charge in [-0.2, -0.15) is 5.10 Å². The minimum absolute atomic E-state index is 0.0285. The van der Waals surface area contributed by atoms with E-state index in [1.807, 2.05) is 0 Å². The second-order valence-corrected chi connectivity index (χ2v) is 5.39. The monoisotopic (exact) mass is 370 g/mol. The molecule has 0 aliphatic heterocycles. The molecule has 0 fully saturated rings. The molecule has 1 amide bonds. The average molecular weight is 371 g/mol. The zero-order chi connectivity index (χ0) is 17.5. The summed E-state index contributed by atoms with van der Waals surface area (Å²) in [6.07, 6.45) is 0.568. The van der Waals surface area contributed by atoms with Gasteiger partial charge in [-0.15, -0.1) is 0 Å². The predicted molar refractivity (Wildman–Crippen MR) is 90.3 cm³/mol. The molecule has 2 aromatic carbocycles. The second kappa shape index (κ2) is 8.52. The summed E-state index contributed by atoms with van der Waals surface area (Å²) in [5.74, 6) is -0.120. The van der Waals surface area contributed by atoms with E-state index in [1.165, 1.54) is 25.5 Å². The summed E-state index contributed by atoms with van der Waals surface area (Å²) in [4.78, 5) is 11.0. The molecule has 2 aromatic rings. The molecule has 0 unspecified atom stereocenters. The molecule has 2 rings (SSSR count). The van der Waals surface area contributed by atoms with Crippen LogP contribution in [-0.2, 0) is 11.3 Å². The van der Waals surface area contributed by atoms with Crippen LogP contribution in [0.4, 0.5) is 9.18 Å². The number of hydrazone groups is 1. The summed E-state index contributed by atoms with van der Waals surface area (Å²) in [5.41, 5.74) is 2.93. The number of ether oxygens (including phenoxy) is 2. The number of carbonyl (C=O) groups excluding carboxylic acids is 1. The lowest BCUT2D eigenvalue weighted by Gasteiger charge is -2.12. The van der Waals surface area contributed by atoms with Crippen LogP contribution in [0, 0.1) is 5.82 Å². The Morgan fingerprint density at radius 1 is 1.33 bits per heavy atom. The number of hydrogen-bond acceptors (Lipinski definition) is 4. The third kappa shape index (κ3) is 4.84. The lowest BCUT2D eigenvalue weighted by Crippen LogP contribution is -2.16. The van der Waals surface area contributed by atoms with E-state index < -0.39 is 6.09 Å². The lowest BCUT2D eigenvalue weighted by atomic mass is 10.2. The number of hydrogen-bond donors (Lipinski definition) is 1. The maximum absolute atomic E-state index is 13.7. The Labute approximate surface area is 148 Å². The standard InChI is InChI=1S/C16H13Cl2FN2O3/c1-23-16(22)21-20-8-11-6-12(17)7-13(18)15(11)24-9-10-4-2-3-5-14(10)19/h2-8H,9H2,1H3,(H,21,22). The van der Waals surface area contributed by atoms with E-state index in [0.717, 1.165) is 0 Å². The smallest absolute Gasteiger partial charge is 0.427 e. The van der Waals surface area contributed by atoms with Crippen molar-refractivity contribution >= 4 is 35.5 Å². The fourth-order valence-electron chi connectivity index (χ4n) is 1.79. The van der Waals surface area contributed by atoms with E-state index >= 15 is 0 Å². The third-order valence-electron chi connectivity index (χ3n) is 2.91. The van der Waals surface area contributed by atoms with Crippen LogP contribution in [0.2, 0.25) is 10.0 Å². The molecule has 0 heterocycles. The van der Waals surface area contributed by atoms with Gasteiger partial charge in [-0.1, -0.05) is 41.4 Å². The average Bonchev–Trinajstić information content (AvgIpc) is 2.55. The van der Waals surface area contributed by atoms with E-state index in [4.69, 9.17) is 27.9 Å². The van der Waals surface area contributed by atoms with Gasteiger partial charge >= 0.3 is 6.09 Å². The summed E-state index contributed by atoms with van der Waals surface area (Å²) in [6.45, 7) is -0.0285. The molecule has 0 bridgehead atoms. The van der Waals surface area contributed by atoms with Crippen molar-refractivity contribution in [2.75, 3.05) is 7.11 Å². The van der Waals surface area contributed by atoms with Gasteiger partial charge in [0, 0.05) is 16.1 Å². The number of carbonyl (C=O) groups is 1. The van der Waals surface area contributed by atoms with Crippen molar-refractivity contribution in [3.8, 4) is 5.75 Å². The molecule has 0 spiro atoms. The van der Waals surface area contributed by atoms with Crippen molar-refractivity contribution in [1.82, 2.24) is 5.43 Å². The molecule has 0 aliphatic rings. The number of nitrogens with one attached hydrogen (secondary N) is 1. The summed E-state index contributed by atoms with van der Waals surface area (Å²) < 4.78 is 23.7. The van der Waals surface area contributed by atoms with Crippen molar-refractivity contribution in [3.05, 3.63) is 63.4 Å². The van der Waals surface area contributed by atoms with Crippen LogP contribution < -0.4 is 10.2 Å². The van der Waals surface area contributed by atoms with E-state index in [9.17, 15) is 9.18 Å². The number of halogens is 3. The summed E-state index contributed by atoms with van der Waals surface area (Å²) in [7, 11) is 1.21. The maximum atomic E-state index is 13.7. The molecular weight excluding hydrogens is 358 g/mol. The van der Waals surface area contributed by atoms with E-state index in [0.29, 0.717) is 16.1 Å². The topological polar surface area (TPSA) is 59.9 Å². The molecule has 0 aromatic heterocycles. The van der Waals surface area contributed by atoms with Gasteiger partial charge in [0.1, 0.15) is 18.2 Å². The lowest BCUT2D eigenvalue weighted by molar-refractivity contribution is 0.171. The molecular formula is C16H13Cl2FN2O3. The zero-order valence-corrected chi connectivity index (χ0v) is 14.1. The van der Waals surface area contributed by atoms with Gasteiger partial charge in [-0.3, -0.25) is 0 Å². The molecule has 0 radical (unpaired) electrons. The van der Waals surface area contributed by atoms with Crippen molar-refractivity contribution in [2.45, 2.75) is 6.61 Å². The Hall–Kier alpha value is -2.31. The van der Waals surface area contributed by atoms with Gasteiger partial charge < -0.3 is 9.47 Å². The first-order valence-electron chi connectivity index (χ1n) is 6.73. The Bertz CT molecular complexity index is 769. The highest BCUT2D eigenvalue weighted by Gasteiger charge is 2.11. The van der Waals surface area contributed by atoms with E-state index in [1.54, 1.807) is 24.3 Å². The Balaban J connectivity index is 2.21. The summed E-state index contributed by atoms with van der Waals surface area (Å²) >= 11 is 12.1. The van der Waals surface area contributed by atoms with Gasteiger partial charge in [-0.25, -0.2) is 14.6 Å². The van der Waals surface area contributed by atoms with Crippen LogP contribution in [0.25, 0.3) is 0 Å². The Kier molecular flexibility index (Phi) is 6.40. The molecule has 126 valence electrons. The zero-order valence-electron chi connectivity index (χ0n) is 12.6. The van der Waals surface area contributed by atoms with Crippen molar-refractivity contribution in [1.29, 1.82) is 0 Å². The Morgan fingerprint density at radius 2 is 2.08 bits per heavy atom. The van der Waals surface area contributed by atoms with E-state index in [-0.39, 0.29) is 23.2 Å². The number of rotatable bonds is 5. The van der Waals surface area contributed by atoms with Gasteiger partial charge in [0.2, 0.25) is 0 Å².